The van der Waals surface area contributed by atoms with Gasteiger partial charge in [-0.15, -0.1) is 0 Å². The predicted octanol–water partition coefficient (Wildman–Crippen LogP) is 4.05. The highest BCUT2D eigenvalue weighted by molar-refractivity contribution is 5.38. The SMILES string of the molecule is CNCC1CC1c1cc(C(F)(F)F)cc(C(F)(F)F)c1. The Labute approximate surface area is 112 Å². The second-order valence-electron chi connectivity index (χ2n) is 5.00. The highest BCUT2D eigenvalue weighted by Gasteiger charge is 2.42. The zero-order chi connectivity index (χ0) is 15.1. The van der Waals surface area contributed by atoms with E-state index in [1.54, 1.807) is 7.05 Å². The molecule has 1 nitrogen and oxygen atoms in total. The van der Waals surface area contributed by atoms with Gasteiger partial charge in [0, 0.05) is 0 Å². The van der Waals surface area contributed by atoms with Crippen LogP contribution in [0.4, 0.5) is 26.3 Å². The van der Waals surface area contributed by atoms with Gasteiger partial charge in [-0.25, -0.2) is 0 Å². The fourth-order valence-corrected chi connectivity index (χ4v) is 2.34. The molecule has 112 valence electrons. The van der Waals surface area contributed by atoms with E-state index in [0.29, 0.717) is 13.0 Å². The Kier molecular flexibility index (Phi) is 3.75. The summed E-state index contributed by atoms with van der Waals surface area (Å²) in [6, 6.07) is 1.82. The number of benzene rings is 1. The van der Waals surface area contributed by atoms with Gasteiger partial charge in [-0.1, -0.05) is 0 Å². The van der Waals surface area contributed by atoms with Gasteiger partial charge in [-0.3, -0.25) is 0 Å². The Morgan fingerprint density at radius 3 is 1.90 bits per heavy atom. The lowest BCUT2D eigenvalue weighted by Gasteiger charge is -2.14. The van der Waals surface area contributed by atoms with Crippen molar-refractivity contribution in [1.82, 2.24) is 5.32 Å². The molecule has 0 spiro atoms. The Morgan fingerprint density at radius 1 is 1.00 bits per heavy atom. The maximum absolute atomic E-state index is 12.7. The molecule has 0 aromatic heterocycles. The van der Waals surface area contributed by atoms with Crippen molar-refractivity contribution in [2.45, 2.75) is 24.7 Å². The van der Waals surface area contributed by atoms with E-state index in [1.165, 1.54) is 0 Å². The molecule has 1 aliphatic carbocycles. The Bertz CT molecular complexity index is 458. The van der Waals surface area contributed by atoms with E-state index in [4.69, 9.17) is 0 Å². The number of rotatable bonds is 3. The normalized spacial score (nSPS) is 22.9. The van der Waals surface area contributed by atoms with Crippen molar-refractivity contribution in [3.63, 3.8) is 0 Å². The van der Waals surface area contributed by atoms with E-state index >= 15 is 0 Å². The van der Waals surface area contributed by atoms with Gasteiger partial charge in [0.25, 0.3) is 0 Å². The van der Waals surface area contributed by atoms with Gasteiger partial charge in [-0.05, 0) is 55.6 Å². The van der Waals surface area contributed by atoms with Crippen LogP contribution < -0.4 is 5.32 Å². The predicted molar refractivity (Wildman–Crippen MR) is 61.2 cm³/mol. The Morgan fingerprint density at radius 2 is 1.50 bits per heavy atom. The smallest absolute Gasteiger partial charge is 0.319 e. The minimum absolute atomic E-state index is 0.101. The zero-order valence-corrected chi connectivity index (χ0v) is 10.6. The van der Waals surface area contributed by atoms with Crippen LogP contribution in [0.5, 0.6) is 0 Å². The monoisotopic (exact) mass is 297 g/mol. The van der Waals surface area contributed by atoms with Crippen LogP contribution in [-0.4, -0.2) is 13.6 Å². The quantitative estimate of drug-likeness (QED) is 0.830. The summed E-state index contributed by atoms with van der Waals surface area (Å²) >= 11 is 0. The number of hydrogen-bond acceptors (Lipinski definition) is 1. The lowest BCUT2D eigenvalue weighted by atomic mass is 10.0. The average molecular weight is 297 g/mol. The maximum atomic E-state index is 12.7. The average Bonchev–Trinajstić information content (AvgIpc) is 3.06. The third-order valence-corrected chi connectivity index (χ3v) is 3.43. The van der Waals surface area contributed by atoms with Gasteiger partial charge in [0.05, 0.1) is 11.1 Å². The number of alkyl halides is 6. The van der Waals surface area contributed by atoms with Gasteiger partial charge >= 0.3 is 12.4 Å². The summed E-state index contributed by atoms with van der Waals surface area (Å²) in [5.74, 6) is -0.129. The van der Waals surface area contributed by atoms with Crippen LogP contribution in [0.2, 0.25) is 0 Å². The van der Waals surface area contributed by atoms with E-state index in [2.05, 4.69) is 5.32 Å². The molecule has 0 aliphatic heterocycles. The van der Waals surface area contributed by atoms with Crippen molar-refractivity contribution >= 4 is 0 Å². The molecule has 0 saturated heterocycles. The fourth-order valence-electron chi connectivity index (χ4n) is 2.34. The first-order valence-electron chi connectivity index (χ1n) is 6.07. The van der Waals surface area contributed by atoms with Crippen molar-refractivity contribution < 1.29 is 26.3 Å². The lowest BCUT2D eigenvalue weighted by Crippen LogP contribution is -2.13. The fraction of sp³-hybridized carbons (Fsp3) is 0.538. The van der Waals surface area contributed by atoms with Crippen LogP contribution in [0.25, 0.3) is 0 Å². The molecule has 2 atom stereocenters. The lowest BCUT2D eigenvalue weighted by molar-refractivity contribution is -0.143. The number of halogens is 6. The summed E-state index contributed by atoms with van der Waals surface area (Å²) < 4.78 is 76.1. The van der Waals surface area contributed by atoms with E-state index < -0.39 is 23.5 Å². The first-order valence-corrected chi connectivity index (χ1v) is 6.07. The van der Waals surface area contributed by atoms with Crippen LogP contribution in [-0.2, 0) is 12.4 Å². The summed E-state index contributed by atoms with van der Waals surface area (Å²) in [7, 11) is 1.70. The topological polar surface area (TPSA) is 12.0 Å². The van der Waals surface area contributed by atoms with Crippen LogP contribution >= 0.6 is 0 Å². The summed E-state index contributed by atoms with van der Waals surface area (Å²) in [4.78, 5) is 0. The van der Waals surface area contributed by atoms with Crippen molar-refractivity contribution in [1.29, 1.82) is 0 Å². The zero-order valence-electron chi connectivity index (χ0n) is 10.6. The molecule has 0 radical (unpaired) electrons. The Balaban J connectivity index is 2.37. The second-order valence-corrected chi connectivity index (χ2v) is 5.00. The molecular weight excluding hydrogens is 284 g/mol. The standard InChI is InChI=1S/C13H13F6N/c1-20-6-8-4-11(8)7-2-9(12(14,15)16)5-10(3-7)13(17,18)19/h2-3,5,8,11,20H,4,6H2,1H3. The van der Waals surface area contributed by atoms with Gasteiger partial charge in [0.15, 0.2) is 0 Å². The second kappa shape index (κ2) is 4.95. The largest absolute Gasteiger partial charge is 0.416 e. The van der Waals surface area contributed by atoms with Crippen LogP contribution in [0, 0.1) is 5.92 Å². The van der Waals surface area contributed by atoms with Crippen molar-refractivity contribution in [2.24, 2.45) is 5.92 Å². The molecule has 0 bridgehead atoms. The summed E-state index contributed by atoms with van der Waals surface area (Å²) in [6.07, 6.45) is -8.94. The summed E-state index contributed by atoms with van der Waals surface area (Å²) in [5.41, 5.74) is -2.36. The molecule has 1 aromatic rings. The van der Waals surface area contributed by atoms with Gasteiger partial charge in [0.1, 0.15) is 0 Å². The van der Waals surface area contributed by atoms with E-state index in [-0.39, 0.29) is 23.5 Å². The number of nitrogens with one attached hydrogen (secondary N) is 1. The minimum Gasteiger partial charge on any atom is -0.319 e. The van der Waals surface area contributed by atoms with Crippen molar-refractivity contribution in [2.75, 3.05) is 13.6 Å². The highest BCUT2D eigenvalue weighted by atomic mass is 19.4. The molecule has 0 heterocycles. The summed E-state index contributed by atoms with van der Waals surface area (Å²) in [5, 5.41) is 2.87. The summed E-state index contributed by atoms with van der Waals surface area (Å²) in [6.45, 7) is 0.586. The molecule has 0 amide bonds. The first kappa shape index (κ1) is 15.2. The molecule has 1 aliphatic rings. The van der Waals surface area contributed by atoms with Gasteiger partial charge in [0.2, 0.25) is 0 Å². The third-order valence-electron chi connectivity index (χ3n) is 3.43. The molecule has 1 saturated carbocycles. The minimum atomic E-state index is -4.77. The molecule has 1 fully saturated rings. The maximum Gasteiger partial charge on any atom is 0.416 e. The van der Waals surface area contributed by atoms with E-state index in [0.717, 1.165) is 12.1 Å². The van der Waals surface area contributed by atoms with Crippen LogP contribution in [0.1, 0.15) is 29.0 Å². The molecule has 7 heteroatoms. The van der Waals surface area contributed by atoms with E-state index in [1.807, 2.05) is 0 Å². The molecular formula is C13H13F6N. The third kappa shape index (κ3) is 3.26. The van der Waals surface area contributed by atoms with Gasteiger partial charge in [-0.2, -0.15) is 26.3 Å². The van der Waals surface area contributed by atoms with E-state index in [9.17, 15) is 26.3 Å². The Hall–Kier alpha value is -1.24. The van der Waals surface area contributed by atoms with Gasteiger partial charge < -0.3 is 5.32 Å². The molecule has 20 heavy (non-hydrogen) atoms. The van der Waals surface area contributed by atoms with Crippen molar-refractivity contribution in [3.05, 3.63) is 34.9 Å². The number of hydrogen-bond donors (Lipinski definition) is 1. The molecule has 2 rings (SSSR count). The molecule has 1 N–H and O–H groups in total. The molecule has 1 aromatic carbocycles. The van der Waals surface area contributed by atoms with Crippen LogP contribution in [0.3, 0.4) is 0 Å². The molecule has 2 unspecified atom stereocenters. The van der Waals surface area contributed by atoms with Crippen LogP contribution in [0.15, 0.2) is 18.2 Å². The highest BCUT2D eigenvalue weighted by Crippen LogP contribution is 2.49. The first-order chi connectivity index (χ1) is 9.13. The van der Waals surface area contributed by atoms with Crippen molar-refractivity contribution in [3.8, 4) is 0 Å².